The summed E-state index contributed by atoms with van der Waals surface area (Å²) >= 11 is 0. The molecule has 2 rings (SSSR count). The van der Waals surface area contributed by atoms with Crippen molar-refractivity contribution in [2.45, 2.75) is 5.92 Å². The van der Waals surface area contributed by atoms with Crippen molar-refractivity contribution in [2.75, 3.05) is 7.05 Å². The van der Waals surface area contributed by atoms with E-state index in [2.05, 4.69) is 0 Å². The molecule has 22 heavy (non-hydrogen) atoms. The lowest BCUT2D eigenvalue weighted by Crippen LogP contribution is -2.26. The van der Waals surface area contributed by atoms with E-state index in [0.29, 0.717) is 0 Å². The fourth-order valence-corrected chi connectivity index (χ4v) is 2.38. The molecule has 1 aromatic rings. The van der Waals surface area contributed by atoms with Crippen LogP contribution in [0.2, 0.25) is 0 Å². The van der Waals surface area contributed by atoms with E-state index in [9.17, 15) is 29.9 Å². The molecular formula is C14H12N2O6. The minimum atomic E-state index is -1.33. The highest BCUT2D eigenvalue weighted by molar-refractivity contribution is 5.97. The minimum absolute atomic E-state index is 0.0305. The fraction of sp³-hybridized carbons (Fsp3) is 0.143. The lowest BCUT2D eigenvalue weighted by Gasteiger charge is -2.26. The largest absolute Gasteiger partial charge is 0.478 e. The molecule has 1 aromatic carbocycles. The first-order valence-corrected chi connectivity index (χ1v) is 6.18. The highest BCUT2D eigenvalue weighted by Crippen LogP contribution is 2.39. The summed E-state index contributed by atoms with van der Waals surface area (Å²) in [6.07, 6.45) is 2.49. The Morgan fingerprint density at radius 2 is 1.64 bits per heavy atom. The maximum Gasteiger partial charge on any atom is 0.334 e. The molecule has 2 N–H and O–H groups in total. The molecule has 1 heterocycles. The van der Waals surface area contributed by atoms with E-state index in [1.165, 1.54) is 48.6 Å². The predicted octanol–water partition coefficient (Wildman–Crippen LogP) is 1.56. The van der Waals surface area contributed by atoms with E-state index in [4.69, 9.17) is 0 Å². The Hall–Kier alpha value is -3.16. The van der Waals surface area contributed by atoms with Crippen LogP contribution < -0.4 is 0 Å². The summed E-state index contributed by atoms with van der Waals surface area (Å²) in [5.41, 5.74) is -0.771. The molecule has 0 atom stereocenters. The standard InChI is InChI=1S/C14H12N2O6/c1-15-6-9(13(17)18)12(10(7-15)14(19)20)8-4-2-3-5-11(8)16(21)22/h2-7,12H,1H3,(H,17,18)(H,19,20). The number of nitro groups is 1. The van der Waals surface area contributed by atoms with Gasteiger partial charge in [0.15, 0.2) is 0 Å². The second-order valence-electron chi connectivity index (χ2n) is 4.69. The molecule has 0 aliphatic carbocycles. The van der Waals surface area contributed by atoms with E-state index < -0.39 is 22.8 Å². The number of carboxylic acid groups (broad SMARTS) is 2. The number of rotatable bonds is 4. The van der Waals surface area contributed by atoms with Crippen molar-refractivity contribution < 1.29 is 24.7 Å². The number of hydrogen-bond acceptors (Lipinski definition) is 5. The maximum atomic E-state index is 11.4. The van der Waals surface area contributed by atoms with E-state index in [0.717, 1.165) is 0 Å². The number of carboxylic acids is 2. The Labute approximate surface area is 124 Å². The third kappa shape index (κ3) is 2.66. The van der Waals surface area contributed by atoms with Gasteiger partial charge in [0.25, 0.3) is 5.69 Å². The van der Waals surface area contributed by atoms with Crippen molar-refractivity contribution in [3.05, 3.63) is 63.5 Å². The van der Waals surface area contributed by atoms with Gasteiger partial charge in [-0.15, -0.1) is 0 Å². The molecule has 1 aliphatic rings. The highest BCUT2D eigenvalue weighted by Gasteiger charge is 2.36. The smallest absolute Gasteiger partial charge is 0.334 e. The summed E-state index contributed by atoms with van der Waals surface area (Å²) in [6.45, 7) is 0. The third-order valence-electron chi connectivity index (χ3n) is 3.25. The van der Waals surface area contributed by atoms with Gasteiger partial charge >= 0.3 is 11.9 Å². The molecule has 0 radical (unpaired) electrons. The Kier molecular flexibility index (Phi) is 3.93. The quantitative estimate of drug-likeness (QED) is 0.639. The summed E-state index contributed by atoms with van der Waals surface area (Å²) < 4.78 is 0. The van der Waals surface area contributed by atoms with Crippen molar-refractivity contribution in [1.29, 1.82) is 0 Å². The van der Waals surface area contributed by atoms with Crippen molar-refractivity contribution >= 4 is 17.6 Å². The van der Waals surface area contributed by atoms with Crippen LogP contribution in [0.25, 0.3) is 0 Å². The normalized spacial score (nSPS) is 15.0. The lowest BCUT2D eigenvalue weighted by molar-refractivity contribution is -0.385. The van der Waals surface area contributed by atoms with Crippen LogP contribution in [0.4, 0.5) is 5.69 Å². The number of aliphatic carboxylic acids is 2. The predicted molar refractivity (Wildman–Crippen MR) is 75.0 cm³/mol. The Balaban J connectivity index is 2.70. The fourth-order valence-electron chi connectivity index (χ4n) is 2.38. The number of benzene rings is 1. The van der Waals surface area contributed by atoms with Gasteiger partial charge in [0, 0.05) is 31.1 Å². The zero-order valence-corrected chi connectivity index (χ0v) is 11.5. The molecule has 0 spiro atoms. The van der Waals surface area contributed by atoms with E-state index in [1.807, 2.05) is 0 Å². The van der Waals surface area contributed by atoms with Crippen LogP contribution >= 0.6 is 0 Å². The zero-order chi connectivity index (χ0) is 16.4. The van der Waals surface area contributed by atoms with Crippen LogP contribution in [0.15, 0.2) is 47.8 Å². The Bertz CT molecular complexity index is 690. The maximum absolute atomic E-state index is 11.4. The molecule has 0 fully saturated rings. The average molecular weight is 304 g/mol. The Morgan fingerprint density at radius 1 is 1.14 bits per heavy atom. The van der Waals surface area contributed by atoms with Gasteiger partial charge in [-0.2, -0.15) is 0 Å². The zero-order valence-electron chi connectivity index (χ0n) is 11.5. The van der Waals surface area contributed by atoms with Crippen LogP contribution in [0.3, 0.4) is 0 Å². The molecule has 0 aromatic heterocycles. The molecule has 114 valence electrons. The molecule has 0 saturated carbocycles. The summed E-state index contributed by atoms with van der Waals surface area (Å²) in [5, 5.41) is 29.8. The monoisotopic (exact) mass is 304 g/mol. The molecular weight excluding hydrogens is 292 g/mol. The van der Waals surface area contributed by atoms with Crippen LogP contribution in [0.1, 0.15) is 11.5 Å². The van der Waals surface area contributed by atoms with Gasteiger partial charge in [-0.25, -0.2) is 9.59 Å². The number of carbonyl (C=O) groups is 2. The van der Waals surface area contributed by atoms with Gasteiger partial charge in [0.2, 0.25) is 0 Å². The number of nitrogens with zero attached hydrogens (tertiary/aromatic N) is 2. The molecule has 8 nitrogen and oxygen atoms in total. The van der Waals surface area contributed by atoms with Gasteiger partial charge in [-0.3, -0.25) is 10.1 Å². The molecule has 0 unspecified atom stereocenters. The van der Waals surface area contributed by atoms with Crippen molar-refractivity contribution in [3.63, 3.8) is 0 Å². The molecule has 8 heteroatoms. The van der Waals surface area contributed by atoms with Crippen molar-refractivity contribution in [2.24, 2.45) is 0 Å². The SMILES string of the molecule is CN1C=C(C(=O)O)C(c2ccccc2[N+](=O)[O-])C(C(=O)O)=C1. The second kappa shape index (κ2) is 5.68. The van der Waals surface area contributed by atoms with Gasteiger partial charge < -0.3 is 15.1 Å². The summed E-state index contributed by atoms with van der Waals surface area (Å²) in [5.74, 6) is -3.88. The van der Waals surface area contributed by atoms with Gasteiger partial charge in [-0.05, 0) is 0 Å². The molecule has 0 saturated heterocycles. The van der Waals surface area contributed by atoms with Gasteiger partial charge in [-0.1, -0.05) is 18.2 Å². The van der Waals surface area contributed by atoms with E-state index in [-0.39, 0.29) is 22.4 Å². The Morgan fingerprint density at radius 3 is 2.09 bits per heavy atom. The van der Waals surface area contributed by atoms with Crippen LogP contribution in [0, 0.1) is 10.1 Å². The number of hydrogen-bond donors (Lipinski definition) is 2. The number of para-hydroxylation sites is 1. The highest BCUT2D eigenvalue weighted by atomic mass is 16.6. The summed E-state index contributed by atoms with van der Waals surface area (Å²) in [6, 6.07) is 5.51. The van der Waals surface area contributed by atoms with Crippen LogP contribution in [0.5, 0.6) is 0 Å². The van der Waals surface area contributed by atoms with Crippen molar-refractivity contribution in [1.82, 2.24) is 4.90 Å². The van der Waals surface area contributed by atoms with E-state index in [1.54, 1.807) is 0 Å². The first kappa shape index (κ1) is 15.2. The first-order chi connectivity index (χ1) is 10.3. The average Bonchev–Trinajstić information content (AvgIpc) is 2.46. The third-order valence-corrected chi connectivity index (χ3v) is 3.25. The number of nitro benzene ring substituents is 1. The van der Waals surface area contributed by atoms with Crippen LogP contribution in [-0.4, -0.2) is 39.0 Å². The molecule has 0 bridgehead atoms. The van der Waals surface area contributed by atoms with Crippen molar-refractivity contribution in [3.8, 4) is 0 Å². The van der Waals surface area contributed by atoms with Gasteiger partial charge in [0.1, 0.15) is 0 Å². The lowest BCUT2D eigenvalue weighted by atomic mass is 9.82. The van der Waals surface area contributed by atoms with Crippen LogP contribution in [-0.2, 0) is 9.59 Å². The minimum Gasteiger partial charge on any atom is -0.478 e. The molecule has 1 aliphatic heterocycles. The van der Waals surface area contributed by atoms with Gasteiger partial charge in [0.05, 0.1) is 22.0 Å². The topological polar surface area (TPSA) is 121 Å². The summed E-state index contributed by atoms with van der Waals surface area (Å²) in [7, 11) is 1.49. The first-order valence-electron chi connectivity index (χ1n) is 6.18. The summed E-state index contributed by atoms with van der Waals surface area (Å²) in [4.78, 5) is 34.7. The van der Waals surface area contributed by atoms with E-state index >= 15 is 0 Å². The molecule has 0 amide bonds. The second-order valence-corrected chi connectivity index (χ2v) is 4.69.